The first-order valence-electron chi connectivity index (χ1n) is 6.70. The van der Waals surface area contributed by atoms with Gasteiger partial charge in [0, 0.05) is 0 Å². The van der Waals surface area contributed by atoms with Crippen LogP contribution in [0.2, 0.25) is 0 Å². The number of Topliss-reactive ketones (excluding diaryl/α,β-unsaturated/α-hetero) is 1. The maximum absolute atomic E-state index is 12.0. The van der Waals surface area contributed by atoms with E-state index in [1.54, 1.807) is 14.0 Å². The van der Waals surface area contributed by atoms with Crippen LogP contribution < -0.4 is 4.74 Å². The first-order valence-corrected chi connectivity index (χ1v) is 6.70. The van der Waals surface area contributed by atoms with E-state index in [0.717, 1.165) is 29.5 Å². The molecule has 1 aliphatic rings. The summed E-state index contributed by atoms with van der Waals surface area (Å²) in [4.78, 5) is 23.6. The van der Waals surface area contributed by atoms with E-state index < -0.39 is 5.41 Å². The van der Waals surface area contributed by atoms with Crippen molar-refractivity contribution in [2.45, 2.75) is 38.5 Å². The van der Waals surface area contributed by atoms with Crippen LogP contribution in [0.25, 0.3) is 0 Å². The molecule has 1 aromatic carbocycles. The first-order chi connectivity index (χ1) is 9.44. The van der Waals surface area contributed by atoms with Gasteiger partial charge in [-0.15, -0.1) is 0 Å². The van der Waals surface area contributed by atoms with Crippen molar-refractivity contribution in [3.63, 3.8) is 0 Å². The fourth-order valence-corrected chi connectivity index (χ4v) is 2.90. The van der Waals surface area contributed by atoms with Gasteiger partial charge in [-0.25, -0.2) is 0 Å². The molecule has 0 saturated heterocycles. The summed E-state index contributed by atoms with van der Waals surface area (Å²) in [6.45, 7) is 3.58. The van der Waals surface area contributed by atoms with Crippen molar-refractivity contribution in [2.24, 2.45) is 0 Å². The van der Waals surface area contributed by atoms with Gasteiger partial charge >= 0.3 is 5.97 Å². The summed E-state index contributed by atoms with van der Waals surface area (Å²) in [5.74, 6) is 0.555. The fourth-order valence-electron chi connectivity index (χ4n) is 2.90. The number of carbonyl (C=O) groups is 2. The number of hydrogen-bond donors (Lipinski definition) is 0. The second-order valence-electron chi connectivity index (χ2n) is 5.37. The van der Waals surface area contributed by atoms with Gasteiger partial charge in [-0.3, -0.25) is 9.59 Å². The molecule has 0 aliphatic heterocycles. The average Bonchev–Trinajstić information content (AvgIpc) is 3.19. The number of ketones is 1. The Hall–Kier alpha value is -1.84. The van der Waals surface area contributed by atoms with Crippen LogP contribution in [0.3, 0.4) is 0 Å². The molecular weight excluding hydrogens is 256 g/mol. The molecule has 20 heavy (non-hydrogen) atoms. The van der Waals surface area contributed by atoms with E-state index >= 15 is 0 Å². The monoisotopic (exact) mass is 276 g/mol. The quantitative estimate of drug-likeness (QED) is 0.775. The Morgan fingerprint density at radius 1 is 1.25 bits per heavy atom. The Kier molecular flexibility index (Phi) is 3.84. The molecule has 1 saturated carbocycles. The minimum absolute atomic E-state index is 0.164. The molecule has 0 unspecified atom stereocenters. The third-order valence-electron chi connectivity index (χ3n) is 4.09. The molecule has 0 heterocycles. The molecule has 0 spiro atoms. The lowest BCUT2D eigenvalue weighted by Gasteiger charge is -2.20. The largest absolute Gasteiger partial charge is 0.497 e. The number of carbonyl (C=O) groups excluding carboxylic acids is 2. The van der Waals surface area contributed by atoms with Crippen LogP contribution in [0.1, 0.15) is 36.5 Å². The van der Waals surface area contributed by atoms with E-state index in [0.29, 0.717) is 5.75 Å². The van der Waals surface area contributed by atoms with Crippen LogP contribution in [0, 0.1) is 6.92 Å². The first kappa shape index (κ1) is 14.6. The molecule has 0 N–H and O–H groups in total. The molecule has 0 atom stereocenters. The summed E-state index contributed by atoms with van der Waals surface area (Å²) in [5.41, 5.74) is 2.41. The zero-order valence-corrected chi connectivity index (χ0v) is 12.4. The van der Waals surface area contributed by atoms with E-state index in [1.807, 2.05) is 19.1 Å². The third kappa shape index (κ3) is 2.42. The number of aryl methyl sites for hydroxylation is 1. The van der Waals surface area contributed by atoms with E-state index in [-0.39, 0.29) is 18.2 Å². The lowest BCUT2D eigenvalue weighted by atomic mass is 9.84. The van der Waals surface area contributed by atoms with Crippen molar-refractivity contribution in [3.8, 4) is 5.75 Å². The molecule has 0 radical (unpaired) electrons. The Morgan fingerprint density at radius 2 is 1.90 bits per heavy atom. The minimum Gasteiger partial charge on any atom is -0.497 e. The molecule has 4 nitrogen and oxygen atoms in total. The lowest BCUT2D eigenvalue weighted by Crippen LogP contribution is -2.22. The van der Waals surface area contributed by atoms with Gasteiger partial charge in [0.25, 0.3) is 0 Å². The van der Waals surface area contributed by atoms with Gasteiger partial charge in [-0.1, -0.05) is 0 Å². The SMILES string of the molecule is COC(=O)Cc1cc(OC)cc(C)c1C1(C(C)=O)CC1. The molecular formula is C16H20O4. The molecule has 1 aromatic rings. The minimum atomic E-state index is -0.403. The highest BCUT2D eigenvalue weighted by Gasteiger charge is 2.50. The molecule has 0 aromatic heterocycles. The van der Waals surface area contributed by atoms with Crippen LogP contribution in [0.15, 0.2) is 12.1 Å². The predicted molar refractivity (Wildman–Crippen MR) is 75.0 cm³/mol. The highest BCUT2D eigenvalue weighted by molar-refractivity contribution is 5.92. The maximum Gasteiger partial charge on any atom is 0.309 e. The van der Waals surface area contributed by atoms with E-state index in [1.165, 1.54) is 7.11 Å². The van der Waals surface area contributed by atoms with Gasteiger partial charge in [0.15, 0.2) is 0 Å². The fraction of sp³-hybridized carbons (Fsp3) is 0.500. The highest BCUT2D eigenvalue weighted by Crippen LogP contribution is 2.52. The second-order valence-corrected chi connectivity index (χ2v) is 5.37. The van der Waals surface area contributed by atoms with Gasteiger partial charge in [-0.05, 0) is 55.5 Å². The summed E-state index contributed by atoms with van der Waals surface area (Å²) >= 11 is 0. The Labute approximate surface area is 119 Å². The van der Waals surface area contributed by atoms with E-state index in [9.17, 15) is 9.59 Å². The van der Waals surface area contributed by atoms with Crippen molar-refractivity contribution < 1.29 is 19.1 Å². The number of esters is 1. The zero-order valence-electron chi connectivity index (χ0n) is 12.4. The molecule has 108 valence electrons. The summed E-state index contributed by atoms with van der Waals surface area (Å²) in [7, 11) is 2.96. The van der Waals surface area contributed by atoms with Crippen molar-refractivity contribution in [2.75, 3.05) is 14.2 Å². The average molecular weight is 276 g/mol. The number of methoxy groups -OCH3 is 2. The van der Waals surface area contributed by atoms with Gasteiger partial charge in [0.1, 0.15) is 11.5 Å². The van der Waals surface area contributed by atoms with Crippen molar-refractivity contribution in [1.29, 1.82) is 0 Å². The van der Waals surface area contributed by atoms with Crippen LogP contribution >= 0.6 is 0 Å². The van der Waals surface area contributed by atoms with Crippen LogP contribution in [-0.2, 0) is 26.2 Å². The summed E-state index contributed by atoms with van der Waals surface area (Å²) in [6.07, 6.45) is 1.87. The molecule has 4 heteroatoms. The van der Waals surface area contributed by atoms with E-state index in [4.69, 9.17) is 9.47 Å². The normalized spacial score (nSPS) is 15.6. The Balaban J connectivity index is 2.54. The van der Waals surface area contributed by atoms with Gasteiger partial charge in [0.05, 0.1) is 26.1 Å². The molecule has 0 bridgehead atoms. The smallest absolute Gasteiger partial charge is 0.309 e. The van der Waals surface area contributed by atoms with Crippen LogP contribution in [-0.4, -0.2) is 26.0 Å². The number of hydrogen-bond acceptors (Lipinski definition) is 4. The standard InChI is InChI=1S/C16H20O4/c1-10-7-13(19-3)8-12(9-14(18)20-4)15(10)16(5-6-16)11(2)17/h7-8H,5-6,9H2,1-4H3. The van der Waals surface area contributed by atoms with Crippen molar-refractivity contribution >= 4 is 11.8 Å². The van der Waals surface area contributed by atoms with Gasteiger partial charge < -0.3 is 9.47 Å². The summed E-state index contributed by atoms with van der Waals surface area (Å²) < 4.78 is 10.0. The van der Waals surface area contributed by atoms with Gasteiger partial charge in [0.2, 0.25) is 0 Å². The summed E-state index contributed by atoms with van der Waals surface area (Å²) in [5, 5.41) is 0. The molecule has 1 fully saturated rings. The van der Waals surface area contributed by atoms with Crippen LogP contribution in [0.4, 0.5) is 0 Å². The molecule has 2 rings (SSSR count). The predicted octanol–water partition coefficient (Wildman–Crippen LogP) is 2.34. The number of rotatable bonds is 5. The van der Waals surface area contributed by atoms with Gasteiger partial charge in [-0.2, -0.15) is 0 Å². The Bertz CT molecular complexity index is 556. The topological polar surface area (TPSA) is 52.6 Å². The van der Waals surface area contributed by atoms with Crippen molar-refractivity contribution in [3.05, 3.63) is 28.8 Å². The Morgan fingerprint density at radius 3 is 2.35 bits per heavy atom. The highest BCUT2D eigenvalue weighted by atomic mass is 16.5. The maximum atomic E-state index is 12.0. The summed E-state index contributed by atoms with van der Waals surface area (Å²) in [6, 6.07) is 3.75. The third-order valence-corrected chi connectivity index (χ3v) is 4.09. The van der Waals surface area contributed by atoms with E-state index in [2.05, 4.69) is 0 Å². The zero-order chi connectivity index (χ0) is 14.9. The second kappa shape index (κ2) is 5.27. The molecule has 1 aliphatic carbocycles. The molecule has 0 amide bonds. The van der Waals surface area contributed by atoms with Crippen molar-refractivity contribution in [1.82, 2.24) is 0 Å². The lowest BCUT2D eigenvalue weighted by molar-refractivity contribution is -0.139. The number of ether oxygens (including phenoxy) is 2. The van der Waals surface area contributed by atoms with Crippen LogP contribution in [0.5, 0.6) is 5.75 Å². The number of benzene rings is 1.